The van der Waals surface area contributed by atoms with Gasteiger partial charge in [0, 0.05) is 6.42 Å². The van der Waals surface area contributed by atoms with Crippen LogP contribution in [-0.2, 0) is 10.3 Å². The van der Waals surface area contributed by atoms with Crippen LogP contribution in [0, 0.1) is 0 Å². The molecule has 0 spiro atoms. The molecule has 0 aliphatic carbocycles. The van der Waals surface area contributed by atoms with Gasteiger partial charge < -0.3 is 5.73 Å². The van der Waals surface area contributed by atoms with Crippen LogP contribution in [-0.4, -0.2) is 5.78 Å². The maximum atomic E-state index is 12.2. The molecule has 0 heterocycles. The van der Waals surface area contributed by atoms with Crippen molar-refractivity contribution in [3.05, 3.63) is 48.6 Å². The standard InChI is InChI=1S/C16H23NO/c1-3-4-5-6-10-13-15(18)16(2,17)14-11-8-7-9-12-14/h3,7-9,11-12H,1,4-6,10,13,17H2,2H3. The second kappa shape index (κ2) is 7.12. The first-order valence-electron chi connectivity index (χ1n) is 6.57. The van der Waals surface area contributed by atoms with E-state index in [1.54, 1.807) is 6.92 Å². The number of carbonyl (C=O) groups excluding carboxylic acids is 1. The lowest BCUT2D eigenvalue weighted by Crippen LogP contribution is -2.41. The summed E-state index contributed by atoms with van der Waals surface area (Å²) in [5.41, 5.74) is 6.19. The molecule has 1 atom stereocenters. The number of hydrogen-bond donors (Lipinski definition) is 1. The molecule has 0 aromatic heterocycles. The second-order valence-corrected chi connectivity index (χ2v) is 4.88. The first-order valence-corrected chi connectivity index (χ1v) is 6.57. The normalized spacial score (nSPS) is 13.9. The molecule has 0 saturated heterocycles. The summed E-state index contributed by atoms with van der Waals surface area (Å²) in [7, 11) is 0. The van der Waals surface area contributed by atoms with Crippen LogP contribution in [0.15, 0.2) is 43.0 Å². The molecule has 0 bridgehead atoms. The number of allylic oxidation sites excluding steroid dienone is 1. The summed E-state index contributed by atoms with van der Waals surface area (Å²) >= 11 is 0. The van der Waals surface area contributed by atoms with Crippen molar-refractivity contribution in [2.24, 2.45) is 5.73 Å². The van der Waals surface area contributed by atoms with Gasteiger partial charge in [-0.3, -0.25) is 4.79 Å². The fourth-order valence-electron chi connectivity index (χ4n) is 1.96. The molecule has 0 aliphatic rings. The highest BCUT2D eigenvalue weighted by molar-refractivity contribution is 5.88. The molecule has 1 aromatic rings. The average Bonchev–Trinajstić information content (AvgIpc) is 2.39. The molecular formula is C16H23NO. The molecule has 2 heteroatoms. The number of nitrogens with two attached hydrogens (primary N) is 1. The smallest absolute Gasteiger partial charge is 0.156 e. The highest BCUT2D eigenvalue weighted by Gasteiger charge is 2.29. The minimum absolute atomic E-state index is 0.118. The predicted octanol–water partition coefficient (Wildman–Crippen LogP) is 3.57. The zero-order valence-electron chi connectivity index (χ0n) is 11.2. The van der Waals surface area contributed by atoms with E-state index in [1.807, 2.05) is 36.4 Å². The Morgan fingerprint density at radius 3 is 2.56 bits per heavy atom. The Morgan fingerprint density at radius 2 is 1.94 bits per heavy atom. The van der Waals surface area contributed by atoms with Crippen LogP contribution < -0.4 is 5.73 Å². The second-order valence-electron chi connectivity index (χ2n) is 4.88. The van der Waals surface area contributed by atoms with Gasteiger partial charge in [-0.1, -0.05) is 42.8 Å². The van der Waals surface area contributed by atoms with Gasteiger partial charge in [0.05, 0.1) is 5.54 Å². The van der Waals surface area contributed by atoms with Gasteiger partial charge in [0.15, 0.2) is 5.78 Å². The van der Waals surface area contributed by atoms with E-state index < -0.39 is 5.54 Å². The van der Waals surface area contributed by atoms with Crippen LogP contribution in [0.2, 0.25) is 0 Å². The lowest BCUT2D eigenvalue weighted by Gasteiger charge is -2.23. The van der Waals surface area contributed by atoms with Crippen molar-refractivity contribution < 1.29 is 4.79 Å². The number of unbranched alkanes of at least 4 members (excludes halogenated alkanes) is 3. The van der Waals surface area contributed by atoms with E-state index in [4.69, 9.17) is 5.73 Å². The third kappa shape index (κ3) is 4.11. The number of rotatable bonds is 8. The molecular weight excluding hydrogens is 222 g/mol. The summed E-state index contributed by atoms with van der Waals surface area (Å²) in [6.45, 7) is 5.49. The van der Waals surface area contributed by atoms with Gasteiger partial charge in [0.25, 0.3) is 0 Å². The Balaban J connectivity index is 2.47. The molecule has 1 aromatic carbocycles. The highest BCUT2D eigenvalue weighted by atomic mass is 16.1. The van der Waals surface area contributed by atoms with E-state index in [9.17, 15) is 4.79 Å². The fraction of sp³-hybridized carbons (Fsp3) is 0.438. The van der Waals surface area contributed by atoms with Crippen molar-refractivity contribution in [1.29, 1.82) is 0 Å². The van der Waals surface area contributed by atoms with Gasteiger partial charge in [0.1, 0.15) is 0 Å². The number of benzene rings is 1. The van der Waals surface area contributed by atoms with Crippen molar-refractivity contribution in [2.75, 3.05) is 0 Å². The first kappa shape index (κ1) is 14.7. The zero-order valence-corrected chi connectivity index (χ0v) is 11.2. The molecule has 1 unspecified atom stereocenters. The number of hydrogen-bond acceptors (Lipinski definition) is 2. The Bertz CT molecular complexity index is 381. The Morgan fingerprint density at radius 1 is 1.28 bits per heavy atom. The Labute approximate surface area is 110 Å². The average molecular weight is 245 g/mol. The fourth-order valence-corrected chi connectivity index (χ4v) is 1.96. The van der Waals surface area contributed by atoms with Crippen LogP contribution in [0.5, 0.6) is 0 Å². The van der Waals surface area contributed by atoms with Gasteiger partial charge >= 0.3 is 0 Å². The minimum Gasteiger partial charge on any atom is -0.315 e. The third-order valence-electron chi connectivity index (χ3n) is 3.26. The molecule has 0 radical (unpaired) electrons. The molecule has 2 nitrogen and oxygen atoms in total. The Kier molecular flexibility index (Phi) is 5.79. The summed E-state index contributed by atoms with van der Waals surface area (Å²) in [4.78, 5) is 12.2. The van der Waals surface area contributed by atoms with E-state index in [1.165, 1.54) is 0 Å². The van der Waals surface area contributed by atoms with Gasteiger partial charge in [-0.05, 0) is 31.7 Å². The van der Waals surface area contributed by atoms with Crippen LogP contribution in [0.3, 0.4) is 0 Å². The zero-order chi connectivity index (χ0) is 13.4. The maximum Gasteiger partial charge on any atom is 0.156 e. The lowest BCUT2D eigenvalue weighted by atomic mass is 9.86. The third-order valence-corrected chi connectivity index (χ3v) is 3.26. The summed E-state index contributed by atoms with van der Waals surface area (Å²) in [5.74, 6) is 0.118. The van der Waals surface area contributed by atoms with Crippen molar-refractivity contribution >= 4 is 5.78 Å². The van der Waals surface area contributed by atoms with Gasteiger partial charge in [-0.15, -0.1) is 6.58 Å². The van der Waals surface area contributed by atoms with Gasteiger partial charge in [-0.2, -0.15) is 0 Å². The molecule has 18 heavy (non-hydrogen) atoms. The van der Waals surface area contributed by atoms with Crippen molar-refractivity contribution in [3.63, 3.8) is 0 Å². The van der Waals surface area contributed by atoms with Crippen molar-refractivity contribution in [3.8, 4) is 0 Å². The van der Waals surface area contributed by atoms with E-state index in [-0.39, 0.29) is 5.78 Å². The molecule has 0 amide bonds. The highest BCUT2D eigenvalue weighted by Crippen LogP contribution is 2.21. The number of Topliss-reactive ketones (excluding diaryl/α,β-unsaturated/α-hetero) is 1. The molecule has 0 saturated carbocycles. The van der Waals surface area contributed by atoms with Crippen LogP contribution in [0.4, 0.5) is 0 Å². The van der Waals surface area contributed by atoms with Crippen molar-refractivity contribution in [1.82, 2.24) is 0 Å². The van der Waals surface area contributed by atoms with Crippen LogP contribution >= 0.6 is 0 Å². The SMILES string of the molecule is C=CCCCCCC(=O)C(C)(N)c1ccccc1. The molecule has 2 N–H and O–H groups in total. The van der Waals surface area contributed by atoms with E-state index in [0.29, 0.717) is 6.42 Å². The molecule has 0 fully saturated rings. The Hall–Kier alpha value is -1.41. The number of carbonyl (C=O) groups is 1. The molecule has 1 rings (SSSR count). The predicted molar refractivity (Wildman–Crippen MR) is 76.3 cm³/mol. The van der Waals surface area contributed by atoms with Crippen molar-refractivity contribution in [2.45, 2.75) is 44.6 Å². The first-order chi connectivity index (χ1) is 8.59. The summed E-state index contributed by atoms with van der Waals surface area (Å²) in [5, 5.41) is 0. The monoisotopic (exact) mass is 245 g/mol. The van der Waals surface area contributed by atoms with Gasteiger partial charge in [-0.25, -0.2) is 0 Å². The van der Waals surface area contributed by atoms with Gasteiger partial charge in [0.2, 0.25) is 0 Å². The van der Waals surface area contributed by atoms with E-state index >= 15 is 0 Å². The minimum atomic E-state index is -0.861. The summed E-state index contributed by atoms with van der Waals surface area (Å²) in [6, 6.07) is 9.58. The topological polar surface area (TPSA) is 43.1 Å². The van der Waals surface area contributed by atoms with E-state index in [2.05, 4.69) is 6.58 Å². The summed E-state index contributed by atoms with van der Waals surface area (Å²) in [6.07, 6.45) is 6.56. The lowest BCUT2D eigenvalue weighted by molar-refractivity contribution is -0.124. The summed E-state index contributed by atoms with van der Waals surface area (Å²) < 4.78 is 0. The maximum absolute atomic E-state index is 12.2. The molecule has 98 valence electrons. The van der Waals surface area contributed by atoms with E-state index in [0.717, 1.165) is 31.2 Å². The van der Waals surface area contributed by atoms with Crippen LogP contribution in [0.1, 0.15) is 44.6 Å². The quantitative estimate of drug-likeness (QED) is 0.562. The molecule has 0 aliphatic heterocycles. The van der Waals surface area contributed by atoms with Crippen LogP contribution in [0.25, 0.3) is 0 Å². The number of ketones is 1. The largest absolute Gasteiger partial charge is 0.315 e.